The molecule has 2 heterocycles. The zero-order valence-corrected chi connectivity index (χ0v) is 21.3. The second-order valence-corrected chi connectivity index (χ2v) is 9.93. The minimum Gasteiger partial charge on any atom is -0.379 e. The zero-order valence-electron chi connectivity index (χ0n) is 19.1. The lowest BCUT2D eigenvalue weighted by Crippen LogP contribution is -2.48. The smallest absolute Gasteiger partial charge is 0.286 e. The molecule has 2 aromatic carbocycles. The highest BCUT2D eigenvalue weighted by Crippen LogP contribution is 2.37. The van der Waals surface area contributed by atoms with Gasteiger partial charge in [0.25, 0.3) is 5.91 Å². The van der Waals surface area contributed by atoms with Crippen LogP contribution in [0, 0.1) is 0 Å². The van der Waals surface area contributed by atoms with Crippen LogP contribution in [0.5, 0.6) is 0 Å². The second-order valence-electron chi connectivity index (χ2n) is 8.65. The van der Waals surface area contributed by atoms with E-state index in [1.54, 1.807) is 16.8 Å². The molecule has 0 atom stereocenters. The lowest BCUT2D eigenvalue weighted by molar-refractivity contribution is 0.0124. The molecule has 182 valence electrons. The van der Waals surface area contributed by atoms with Crippen LogP contribution in [0.15, 0.2) is 42.5 Å². The summed E-state index contributed by atoms with van der Waals surface area (Å²) in [6.45, 7) is 2.45. The maximum Gasteiger partial charge on any atom is 0.286 e. The van der Waals surface area contributed by atoms with Crippen LogP contribution < -0.4 is 5.43 Å². The molecular weight excluding hydrogens is 507 g/mol. The molecule has 0 unspecified atom stereocenters. The lowest BCUT2D eigenvalue weighted by atomic mass is 10.0. The Morgan fingerprint density at radius 3 is 2.43 bits per heavy atom. The Bertz CT molecular complexity index is 1260. The largest absolute Gasteiger partial charge is 0.379 e. The third kappa shape index (κ3) is 5.42. The Kier molecular flexibility index (Phi) is 7.46. The number of fused-ring (bicyclic) bond motifs is 1. The van der Waals surface area contributed by atoms with Gasteiger partial charge in [0.15, 0.2) is 5.69 Å². The van der Waals surface area contributed by atoms with Crippen molar-refractivity contribution in [2.45, 2.75) is 25.7 Å². The maximum absolute atomic E-state index is 13.4. The van der Waals surface area contributed by atoms with Gasteiger partial charge in [0, 0.05) is 28.7 Å². The van der Waals surface area contributed by atoms with Gasteiger partial charge in [-0.05, 0) is 73.2 Å². The molecule has 1 amide bonds. The van der Waals surface area contributed by atoms with Gasteiger partial charge in [-0.1, -0.05) is 46.9 Å². The van der Waals surface area contributed by atoms with Gasteiger partial charge in [0.1, 0.15) is 0 Å². The van der Waals surface area contributed by atoms with Crippen LogP contribution in [0.3, 0.4) is 0 Å². The van der Waals surface area contributed by atoms with Crippen LogP contribution in [0.4, 0.5) is 0 Å². The van der Waals surface area contributed by atoms with Crippen LogP contribution >= 0.6 is 34.8 Å². The van der Waals surface area contributed by atoms with Gasteiger partial charge in [-0.3, -0.25) is 10.2 Å². The summed E-state index contributed by atoms with van der Waals surface area (Å²) in [4.78, 5) is 13.4. The van der Waals surface area contributed by atoms with Crippen LogP contribution in [0.25, 0.3) is 17.3 Å². The molecule has 0 radical (unpaired) electrons. The summed E-state index contributed by atoms with van der Waals surface area (Å²) in [5.41, 5.74) is 8.09. The molecule has 6 nitrogen and oxygen atoms in total. The number of allylic oxidation sites excluding steroid dienone is 1. The number of aromatic nitrogens is 2. The molecule has 0 bridgehead atoms. The van der Waals surface area contributed by atoms with E-state index in [0.29, 0.717) is 52.8 Å². The average Bonchev–Trinajstić information content (AvgIpc) is 3.10. The maximum atomic E-state index is 13.4. The van der Waals surface area contributed by atoms with E-state index in [4.69, 9.17) is 44.6 Å². The number of nitrogens with zero attached hydrogens (tertiary/aromatic N) is 3. The first kappa shape index (κ1) is 24.3. The van der Waals surface area contributed by atoms with Gasteiger partial charge >= 0.3 is 0 Å². The number of benzene rings is 2. The van der Waals surface area contributed by atoms with Crippen molar-refractivity contribution in [1.82, 2.24) is 20.2 Å². The van der Waals surface area contributed by atoms with Gasteiger partial charge in [0.2, 0.25) is 0 Å². The summed E-state index contributed by atoms with van der Waals surface area (Å²) < 4.78 is 7.20. The van der Waals surface area contributed by atoms with E-state index in [2.05, 4.69) is 11.5 Å². The molecule has 35 heavy (non-hydrogen) atoms. The number of halogens is 3. The van der Waals surface area contributed by atoms with E-state index in [1.807, 2.05) is 35.3 Å². The number of hydrogen-bond donors (Lipinski definition) is 1. The lowest BCUT2D eigenvalue weighted by Gasteiger charge is -2.26. The van der Waals surface area contributed by atoms with Gasteiger partial charge in [0.05, 0.1) is 29.6 Å². The predicted octanol–water partition coefficient (Wildman–Crippen LogP) is 6.08. The van der Waals surface area contributed by atoms with Crippen molar-refractivity contribution < 1.29 is 9.53 Å². The summed E-state index contributed by atoms with van der Waals surface area (Å²) in [7, 11) is 0. The average molecular weight is 532 g/mol. The Labute approximate surface area is 219 Å². The molecular formula is C26H25Cl3N4O2. The molecule has 1 aliphatic heterocycles. The van der Waals surface area contributed by atoms with Crippen LogP contribution in [0.2, 0.25) is 15.1 Å². The number of rotatable bonds is 4. The van der Waals surface area contributed by atoms with Crippen molar-refractivity contribution in [1.29, 1.82) is 0 Å². The molecule has 1 fully saturated rings. The fourth-order valence-corrected chi connectivity index (χ4v) is 5.15. The monoisotopic (exact) mass is 530 g/mol. The Hall–Kier alpha value is -2.35. The summed E-state index contributed by atoms with van der Waals surface area (Å²) in [5, 5.41) is 8.41. The highest BCUT2D eigenvalue weighted by molar-refractivity contribution is 6.35. The molecule has 0 saturated carbocycles. The van der Waals surface area contributed by atoms with Gasteiger partial charge in [-0.15, -0.1) is 0 Å². The number of nitrogens with one attached hydrogen (secondary N) is 1. The Morgan fingerprint density at radius 2 is 1.69 bits per heavy atom. The first-order chi connectivity index (χ1) is 17.0. The van der Waals surface area contributed by atoms with Gasteiger partial charge < -0.3 is 4.74 Å². The molecule has 9 heteroatoms. The number of ether oxygens (including phenoxy) is 1. The number of amides is 1. The molecule has 5 rings (SSSR count). The third-order valence-electron chi connectivity index (χ3n) is 6.25. The highest BCUT2D eigenvalue weighted by Gasteiger charge is 2.29. The topological polar surface area (TPSA) is 59.4 Å². The van der Waals surface area contributed by atoms with Crippen molar-refractivity contribution in [2.24, 2.45) is 0 Å². The molecule has 0 spiro atoms. The van der Waals surface area contributed by atoms with Crippen molar-refractivity contribution in [3.8, 4) is 5.69 Å². The summed E-state index contributed by atoms with van der Waals surface area (Å²) in [6, 6.07) is 13.0. The molecule has 1 saturated heterocycles. The normalized spacial score (nSPS) is 17.7. The molecule has 3 aromatic rings. The standard InChI is InChI=1S/C26H25Cl3N4O2/c27-19-7-5-17(6-8-19)15-18-3-1-2-4-21-24(26(34)31-32-11-13-35-14-12-32)30-33(25(18)21)23-10-9-20(28)16-22(23)29/h5-10,15-16H,1-4,11-14H2,(H,31,34). The minimum atomic E-state index is -0.222. The van der Waals surface area contributed by atoms with E-state index in [9.17, 15) is 4.79 Å². The SMILES string of the molecule is O=C(NN1CCOCC1)c1nn(-c2ccc(Cl)cc2Cl)c2c1CCCCC2=Cc1ccc(Cl)cc1. The first-order valence-electron chi connectivity index (χ1n) is 11.7. The number of carbonyl (C=O) groups is 1. The predicted molar refractivity (Wildman–Crippen MR) is 140 cm³/mol. The second kappa shape index (κ2) is 10.7. The van der Waals surface area contributed by atoms with Crippen molar-refractivity contribution in [3.05, 3.63) is 80.0 Å². The van der Waals surface area contributed by atoms with Crippen molar-refractivity contribution in [2.75, 3.05) is 26.3 Å². The number of hydrazine groups is 1. The fraction of sp³-hybridized carbons (Fsp3) is 0.308. The number of hydrogen-bond acceptors (Lipinski definition) is 4. The van der Waals surface area contributed by atoms with Crippen LogP contribution in [0.1, 0.15) is 46.6 Å². The van der Waals surface area contributed by atoms with E-state index in [-0.39, 0.29) is 5.91 Å². The van der Waals surface area contributed by atoms with Gasteiger partial charge in [-0.25, -0.2) is 9.69 Å². The highest BCUT2D eigenvalue weighted by atomic mass is 35.5. The number of carbonyl (C=O) groups excluding carboxylic acids is 1. The van der Waals surface area contributed by atoms with E-state index in [0.717, 1.165) is 48.1 Å². The van der Waals surface area contributed by atoms with Gasteiger partial charge in [-0.2, -0.15) is 5.10 Å². The Balaban J connectivity index is 1.64. The summed E-state index contributed by atoms with van der Waals surface area (Å²) in [5.74, 6) is -0.222. The molecule has 1 aromatic heterocycles. The summed E-state index contributed by atoms with van der Waals surface area (Å²) >= 11 is 18.9. The third-order valence-corrected chi connectivity index (χ3v) is 7.03. The molecule has 1 aliphatic carbocycles. The number of morpholine rings is 1. The van der Waals surface area contributed by atoms with Crippen LogP contribution in [-0.4, -0.2) is 47.0 Å². The first-order valence-corrected chi connectivity index (χ1v) is 12.8. The molecule has 1 N–H and O–H groups in total. The fourth-order valence-electron chi connectivity index (χ4n) is 4.53. The van der Waals surface area contributed by atoms with E-state index < -0.39 is 0 Å². The Morgan fingerprint density at radius 1 is 0.971 bits per heavy atom. The van der Waals surface area contributed by atoms with E-state index in [1.165, 1.54) is 0 Å². The van der Waals surface area contributed by atoms with Crippen molar-refractivity contribution in [3.63, 3.8) is 0 Å². The minimum absolute atomic E-state index is 0.222. The quantitative estimate of drug-likeness (QED) is 0.415. The van der Waals surface area contributed by atoms with Crippen molar-refractivity contribution >= 4 is 52.4 Å². The van der Waals surface area contributed by atoms with Crippen LogP contribution in [-0.2, 0) is 11.2 Å². The summed E-state index contributed by atoms with van der Waals surface area (Å²) in [6.07, 6.45) is 5.73. The molecule has 2 aliphatic rings. The zero-order chi connectivity index (χ0) is 24.4. The van der Waals surface area contributed by atoms with E-state index >= 15 is 0 Å².